The Labute approximate surface area is 187 Å². The second kappa shape index (κ2) is 7.73. The highest BCUT2D eigenvalue weighted by molar-refractivity contribution is 5.93. The van der Waals surface area contributed by atoms with Crippen molar-refractivity contribution in [1.29, 1.82) is 0 Å². The summed E-state index contributed by atoms with van der Waals surface area (Å²) >= 11 is 0. The van der Waals surface area contributed by atoms with Crippen LogP contribution >= 0.6 is 0 Å². The topological polar surface area (TPSA) is 34.1 Å². The molecule has 2 aromatic carbocycles. The van der Waals surface area contributed by atoms with Crippen molar-refractivity contribution in [2.75, 3.05) is 0 Å². The summed E-state index contributed by atoms with van der Waals surface area (Å²) in [6.07, 6.45) is 1.69. The first-order valence-electron chi connectivity index (χ1n) is 11.7. The third kappa shape index (κ3) is 4.27. The molecule has 2 aromatic rings. The zero-order valence-corrected chi connectivity index (χ0v) is 19.9. The van der Waals surface area contributed by atoms with Crippen LogP contribution in [0.2, 0.25) is 0 Å². The lowest BCUT2D eigenvalue weighted by Crippen LogP contribution is -2.43. The molecule has 2 nitrogen and oxygen atoms in total. The van der Waals surface area contributed by atoms with Crippen LogP contribution in [0.3, 0.4) is 0 Å². The number of carbonyl (C=O) groups excluding carboxylic acids is 2. The molecule has 2 bridgehead atoms. The first-order chi connectivity index (χ1) is 14.4. The number of rotatable bonds is 2. The Balaban J connectivity index is 1.56. The highest BCUT2D eigenvalue weighted by atomic mass is 16.1. The van der Waals surface area contributed by atoms with Crippen molar-refractivity contribution in [1.82, 2.24) is 0 Å². The molecule has 4 atom stereocenters. The van der Waals surface area contributed by atoms with Crippen molar-refractivity contribution in [3.63, 3.8) is 0 Å². The van der Waals surface area contributed by atoms with Crippen LogP contribution in [0.4, 0.5) is 0 Å². The summed E-state index contributed by atoms with van der Waals surface area (Å²) in [5.74, 6) is 0.697. The number of Topliss-reactive ketones (excluding diaryl/α,β-unsaturated/α-hetero) is 2. The van der Waals surface area contributed by atoms with Gasteiger partial charge in [-0.25, -0.2) is 0 Å². The normalized spacial score (nSPS) is 26.8. The Morgan fingerprint density at radius 2 is 0.871 bits per heavy atom. The largest absolute Gasteiger partial charge is 0.299 e. The summed E-state index contributed by atoms with van der Waals surface area (Å²) in [4.78, 5) is 26.4. The van der Waals surface area contributed by atoms with Gasteiger partial charge in [-0.2, -0.15) is 0 Å². The quantitative estimate of drug-likeness (QED) is 0.545. The molecular formula is C29H36O2. The number of fused-ring (bicyclic) bond motifs is 2. The molecule has 0 amide bonds. The zero-order chi connectivity index (χ0) is 22.6. The second-order valence-corrected chi connectivity index (χ2v) is 11.7. The van der Waals surface area contributed by atoms with E-state index in [0.717, 1.165) is 11.1 Å². The molecule has 0 radical (unpaired) electrons. The van der Waals surface area contributed by atoms with Gasteiger partial charge in [-0.15, -0.1) is 0 Å². The van der Waals surface area contributed by atoms with Gasteiger partial charge in [0.05, 0.1) is 0 Å². The van der Waals surface area contributed by atoms with Crippen molar-refractivity contribution >= 4 is 11.6 Å². The smallest absolute Gasteiger partial charge is 0.137 e. The van der Waals surface area contributed by atoms with Gasteiger partial charge in [0.15, 0.2) is 0 Å². The Hall–Kier alpha value is -2.22. The summed E-state index contributed by atoms with van der Waals surface area (Å²) in [6.45, 7) is 13.2. The molecule has 31 heavy (non-hydrogen) atoms. The molecule has 4 rings (SSSR count). The van der Waals surface area contributed by atoms with Gasteiger partial charge in [-0.05, 0) is 39.5 Å². The van der Waals surface area contributed by atoms with E-state index in [4.69, 9.17) is 0 Å². The van der Waals surface area contributed by atoms with Crippen molar-refractivity contribution in [2.24, 2.45) is 11.8 Å². The van der Waals surface area contributed by atoms with Gasteiger partial charge in [-0.1, -0.05) is 90.1 Å². The summed E-state index contributed by atoms with van der Waals surface area (Å²) in [6, 6.07) is 17.2. The third-order valence-corrected chi connectivity index (χ3v) is 7.56. The molecule has 164 valence electrons. The van der Waals surface area contributed by atoms with Crippen LogP contribution < -0.4 is 0 Å². The predicted molar refractivity (Wildman–Crippen MR) is 127 cm³/mol. The summed E-state index contributed by atoms with van der Waals surface area (Å²) in [5, 5.41) is 0. The van der Waals surface area contributed by atoms with Gasteiger partial charge >= 0.3 is 0 Å². The summed E-state index contributed by atoms with van der Waals surface area (Å²) < 4.78 is 0. The van der Waals surface area contributed by atoms with Gasteiger partial charge in [0.25, 0.3) is 0 Å². The minimum atomic E-state index is -0.0201. The lowest BCUT2D eigenvalue weighted by atomic mass is 9.59. The first-order valence-corrected chi connectivity index (χ1v) is 11.7. The molecule has 0 heterocycles. The third-order valence-electron chi connectivity index (χ3n) is 7.56. The Morgan fingerprint density at radius 1 is 0.548 bits per heavy atom. The van der Waals surface area contributed by atoms with E-state index in [-0.39, 0.29) is 34.5 Å². The monoisotopic (exact) mass is 416 g/mol. The van der Waals surface area contributed by atoms with E-state index >= 15 is 0 Å². The summed E-state index contributed by atoms with van der Waals surface area (Å²) in [7, 11) is 0. The second-order valence-electron chi connectivity index (χ2n) is 11.7. The maximum absolute atomic E-state index is 13.2. The van der Waals surface area contributed by atoms with Gasteiger partial charge < -0.3 is 0 Å². The van der Waals surface area contributed by atoms with Crippen LogP contribution in [0.15, 0.2) is 48.5 Å². The van der Waals surface area contributed by atoms with E-state index in [1.54, 1.807) is 0 Å². The minimum Gasteiger partial charge on any atom is -0.299 e. The molecule has 2 heteroatoms. The standard InChI is InChI=1S/C29H36O2/c1-28(2,3)20-11-7-18(8-12-20)22-16-26(30)25-15-24(22)27(31)17-23(25)19-9-13-21(14-10-19)29(4,5)6/h7-14,22-25H,15-17H2,1-6H3. The molecule has 2 fully saturated rings. The van der Waals surface area contributed by atoms with E-state index in [2.05, 4.69) is 90.1 Å². The lowest BCUT2D eigenvalue weighted by Gasteiger charge is -2.43. The van der Waals surface area contributed by atoms with E-state index < -0.39 is 0 Å². The molecule has 0 N–H and O–H groups in total. The van der Waals surface area contributed by atoms with Crippen molar-refractivity contribution < 1.29 is 9.59 Å². The fraction of sp³-hybridized carbons (Fsp3) is 0.517. The fourth-order valence-electron chi connectivity index (χ4n) is 5.50. The number of hydrogen-bond donors (Lipinski definition) is 0. The molecule has 2 aliphatic rings. The molecular weight excluding hydrogens is 380 g/mol. The average Bonchev–Trinajstić information content (AvgIpc) is 2.71. The zero-order valence-electron chi connectivity index (χ0n) is 19.9. The maximum Gasteiger partial charge on any atom is 0.137 e. The van der Waals surface area contributed by atoms with E-state index in [9.17, 15) is 9.59 Å². The fourth-order valence-corrected chi connectivity index (χ4v) is 5.50. The molecule has 0 aromatic heterocycles. The Bertz CT molecular complexity index is 886. The van der Waals surface area contributed by atoms with Crippen molar-refractivity contribution in [3.8, 4) is 0 Å². The molecule has 0 aliphatic heterocycles. The molecule has 2 aliphatic carbocycles. The van der Waals surface area contributed by atoms with Crippen LogP contribution in [0.1, 0.15) is 94.9 Å². The van der Waals surface area contributed by atoms with E-state index in [0.29, 0.717) is 30.8 Å². The number of ketones is 2. The predicted octanol–water partition coefficient (Wildman–Crippen LogP) is 6.72. The lowest BCUT2D eigenvalue weighted by molar-refractivity contribution is -0.137. The molecule has 0 saturated heterocycles. The molecule has 4 unspecified atom stereocenters. The van der Waals surface area contributed by atoms with Gasteiger partial charge in [-0.3, -0.25) is 9.59 Å². The van der Waals surface area contributed by atoms with E-state index in [1.807, 2.05) is 0 Å². The Morgan fingerprint density at radius 3 is 1.16 bits per heavy atom. The number of benzene rings is 2. The SMILES string of the molecule is CC(C)(C)c1ccc(C2CC(=O)C3CC2C(=O)CC3c2ccc(C(C)(C)C)cc2)cc1. The maximum atomic E-state index is 13.2. The van der Waals surface area contributed by atoms with Crippen LogP contribution in [0, 0.1) is 11.8 Å². The first kappa shape index (κ1) is 22.0. The van der Waals surface area contributed by atoms with Gasteiger partial charge in [0.1, 0.15) is 11.6 Å². The highest BCUT2D eigenvalue weighted by Crippen LogP contribution is 2.50. The van der Waals surface area contributed by atoms with Crippen LogP contribution in [0.25, 0.3) is 0 Å². The van der Waals surface area contributed by atoms with E-state index in [1.165, 1.54) is 11.1 Å². The number of carbonyl (C=O) groups is 2. The summed E-state index contributed by atoms with van der Waals surface area (Å²) in [5.41, 5.74) is 5.05. The van der Waals surface area contributed by atoms with Crippen LogP contribution in [-0.2, 0) is 20.4 Å². The number of hydrogen-bond acceptors (Lipinski definition) is 2. The van der Waals surface area contributed by atoms with Crippen molar-refractivity contribution in [2.45, 2.75) is 83.5 Å². The average molecular weight is 417 g/mol. The highest BCUT2D eigenvalue weighted by Gasteiger charge is 2.48. The molecule has 0 spiro atoms. The molecule has 2 saturated carbocycles. The van der Waals surface area contributed by atoms with Crippen LogP contribution in [0.5, 0.6) is 0 Å². The van der Waals surface area contributed by atoms with Gasteiger partial charge in [0, 0.05) is 36.5 Å². The van der Waals surface area contributed by atoms with Gasteiger partial charge in [0.2, 0.25) is 0 Å². The minimum absolute atomic E-state index is 0.0201. The van der Waals surface area contributed by atoms with Crippen molar-refractivity contribution in [3.05, 3.63) is 70.8 Å². The Kier molecular flexibility index (Phi) is 5.48. The van der Waals surface area contributed by atoms with Crippen LogP contribution in [-0.4, -0.2) is 11.6 Å².